The van der Waals surface area contributed by atoms with Crippen molar-refractivity contribution in [3.8, 4) is 11.5 Å². The van der Waals surface area contributed by atoms with Crippen LogP contribution in [0.4, 0.5) is 20.4 Å². The number of halogens is 5. The molecule has 66 heavy (non-hydrogen) atoms. The summed E-state index contributed by atoms with van der Waals surface area (Å²) in [5.41, 5.74) is 4.16. The van der Waals surface area contributed by atoms with Crippen molar-refractivity contribution >= 4 is 65.3 Å². The van der Waals surface area contributed by atoms with Crippen LogP contribution in [-0.4, -0.2) is 56.9 Å². The smallest absolute Gasteiger partial charge is 0.256 e. The Balaban J connectivity index is 0.000000285. The minimum atomic E-state index is -0.751. The van der Waals surface area contributed by atoms with E-state index in [1.807, 2.05) is 52.0 Å². The minimum Gasteiger partial charge on any atom is -0.493 e. The quantitative estimate of drug-likeness (QED) is 0.0723. The van der Waals surface area contributed by atoms with E-state index in [1.165, 1.54) is 18.2 Å². The summed E-state index contributed by atoms with van der Waals surface area (Å²) in [4.78, 5) is 35.9. The molecule has 0 radical (unpaired) electrons. The van der Waals surface area contributed by atoms with Gasteiger partial charge in [-0.1, -0.05) is 70.8 Å². The lowest BCUT2D eigenvalue weighted by atomic mass is 10.1. The number of anilines is 2. The normalized spacial score (nSPS) is 11.0. The van der Waals surface area contributed by atoms with Gasteiger partial charge in [-0.25, -0.2) is 8.78 Å². The Morgan fingerprint density at radius 3 is 1.52 bits per heavy atom. The second-order valence-corrected chi connectivity index (χ2v) is 17.5. The Morgan fingerprint density at radius 2 is 1.11 bits per heavy atom. The maximum Gasteiger partial charge on any atom is 0.256 e. The van der Waals surface area contributed by atoms with Crippen molar-refractivity contribution in [2.45, 2.75) is 81.1 Å². The molecule has 3 N–H and O–H groups in total. The number of nitrogens with zero attached hydrogens (tertiary/aromatic N) is 4. The van der Waals surface area contributed by atoms with Crippen LogP contribution in [0.3, 0.4) is 0 Å². The predicted molar refractivity (Wildman–Crippen MR) is 259 cm³/mol. The van der Waals surface area contributed by atoms with Gasteiger partial charge in [0.15, 0.2) is 17.9 Å². The van der Waals surface area contributed by atoms with Gasteiger partial charge < -0.3 is 25.4 Å². The van der Waals surface area contributed by atoms with Crippen LogP contribution in [0.2, 0.25) is 10.0 Å². The Morgan fingerprint density at radius 1 is 0.652 bits per heavy atom. The van der Waals surface area contributed by atoms with Crippen molar-refractivity contribution in [1.82, 2.24) is 24.9 Å². The number of amides is 2. The number of nitrogens with one attached hydrogen (secondary N) is 3. The van der Waals surface area contributed by atoms with Gasteiger partial charge in [-0.15, -0.1) is 12.4 Å². The first kappa shape index (κ1) is 52.8. The third-order valence-corrected chi connectivity index (χ3v) is 10.2. The van der Waals surface area contributed by atoms with Crippen molar-refractivity contribution in [3.63, 3.8) is 0 Å². The van der Waals surface area contributed by atoms with Gasteiger partial charge in [0.1, 0.15) is 23.1 Å². The van der Waals surface area contributed by atoms with E-state index >= 15 is 0 Å². The van der Waals surface area contributed by atoms with Gasteiger partial charge in [-0.2, -0.15) is 10.2 Å². The van der Waals surface area contributed by atoms with Crippen LogP contribution in [0, 0.1) is 37.3 Å². The Kier molecular flexibility index (Phi) is 19.7. The first-order chi connectivity index (χ1) is 30.9. The molecule has 0 aliphatic heterocycles. The standard InChI is InChI=1S/C26H32ClFN4O2.C23H23ClFN3O3.ClH/c1-16(2)15-34-24-9-8-22(27)11-21(24)14-32-18(5)10-25(31-32)30-26(33)19-6-7-20(23(28)12-19)13-29-17(3)4;1-14(2)13-31-21-7-6-19(24)9-18(21)11-28-15(3)8-22(27-28)26-23(30)16-4-5-17(12-29)20(25)10-16;/h6-12,16-17,29H,13-15H2,1-5H3,(H,30,31,33);4-10,12,14H,11,13H2,1-3H3,(H,26,27,30);1H. The molecule has 6 rings (SSSR count). The van der Waals surface area contributed by atoms with E-state index in [0.717, 1.165) is 40.1 Å². The third kappa shape index (κ3) is 15.4. The molecule has 12 nitrogen and oxygen atoms in total. The van der Waals surface area contributed by atoms with Crippen molar-refractivity contribution in [2.75, 3.05) is 23.8 Å². The van der Waals surface area contributed by atoms with Gasteiger partial charge in [0, 0.05) is 74.0 Å². The Bertz CT molecular complexity index is 2610. The number of aldehydes is 1. The van der Waals surface area contributed by atoms with Crippen LogP contribution in [0.1, 0.15) is 101 Å². The van der Waals surface area contributed by atoms with E-state index in [0.29, 0.717) is 78.2 Å². The first-order valence-corrected chi connectivity index (χ1v) is 21.9. The average Bonchev–Trinajstić information content (AvgIpc) is 3.77. The van der Waals surface area contributed by atoms with Crippen LogP contribution >= 0.6 is 35.6 Å². The van der Waals surface area contributed by atoms with Crippen LogP contribution in [-0.2, 0) is 19.6 Å². The number of rotatable bonds is 18. The molecule has 17 heteroatoms. The lowest BCUT2D eigenvalue weighted by molar-refractivity contribution is 0.101. The molecule has 0 saturated carbocycles. The summed E-state index contributed by atoms with van der Waals surface area (Å²) in [6, 6.07) is 22.8. The fourth-order valence-corrected chi connectivity index (χ4v) is 6.60. The van der Waals surface area contributed by atoms with Gasteiger partial charge in [-0.3, -0.25) is 23.7 Å². The number of aryl methyl sites for hydroxylation is 2. The van der Waals surface area contributed by atoms with Gasteiger partial charge in [-0.05, 0) is 92.4 Å². The highest BCUT2D eigenvalue weighted by Crippen LogP contribution is 2.27. The molecule has 0 atom stereocenters. The SMILES string of the molecule is Cc1cc(NC(=O)c2ccc(C=O)c(F)c2)nn1Cc1cc(Cl)ccc1OCC(C)C.Cc1cc(NC(=O)c2ccc(CNC(C)C)c(F)c2)nn1Cc1cc(Cl)ccc1OCC(C)C.Cl. The highest BCUT2D eigenvalue weighted by molar-refractivity contribution is 6.31. The fraction of sp³-hybridized carbons (Fsp3) is 0.327. The molecule has 2 amide bonds. The molecule has 4 aromatic carbocycles. The number of aromatic nitrogens is 4. The zero-order valence-corrected chi connectivity index (χ0v) is 40.5. The van der Waals surface area contributed by atoms with Crippen LogP contribution in [0.5, 0.6) is 11.5 Å². The molecule has 0 fully saturated rings. The van der Waals surface area contributed by atoms with Gasteiger partial charge in [0.05, 0.1) is 31.9 Å². The number of hydrogen-bond donors (Lipinski definition) is 3. The second kappa shape index (κ2) is 24.6. The van der Waals surface area contributed by atoms with Crippen LogP contribution in [0.15, 0.2) is 84.9 Å². The molecule has 2 heterocycles. The van der Waals surface area contributed by atoms with Crippen LogP contribution < -0.4 is 25.4 Å². The summed E-state index contributed by atoms with van der Waals surface area (Å²) in [5.74, 6) is 0.848. The molecule has 0 bridgehead atoms. The Labute approximate surface area is 400 Å². The highest BCUT2D eigenvalue weighted by atomic mass is 35.5. The molecule has 0 saturated heterocycles. The van der Waals surface area contributed by atoms with Gasteiger partial charge in [0.2, 0.25) is 0 Å². The van der Waals surface area contributed by atoms with Crippen molar-refractivity contribution in [1.29, 1.82) is 0 Å². The summed E-state index contributed by atoms with van der Waals surface area (Å²) in [7, 11) is 0. The predicted octanol–water partition coefficient (Wildman–Crippen LogP) is 11.4. The molecule has 0 aliphatic carbocycles. The summed E-state index contributed by atoms with van der Waals surface area (Å²) < 4.78 is 43.5. The van der Waals surface area contributed by atoms with E-state index in [-0.39, 0.29) is 35.1 Å². The van der Waals surface area contributed by atoms with E-state index in [2.05, 4.69) is 53.8 Å². The Hall–Kier alpha value is -5.80. The second-order valence-electron chi connectivity index (χ2n) is 16.7. The van der Waals surface area contributed by atoms with Crippen molar-refractivity contribution in [2.24, 2.45) is 11.8 Å². The lowest BCUT2D eigenvalue weighted by Crippen LogP contribution is -2.22. The lowest BCUT2D eigenvalue weighted by Gasteiger charge is -2.14. The number of ether oxygens (including phenoxy) is 2. The van der Waals surface area contributed by atoms with Gasteiger partial charge >= 0.3 is 0 Å². The largest absolute Gasteiger partial charge is 0.493 e. The van der Waals surface area contributed by atoms with E-state index < -0.39 is 23.4 Å². The van der Waals surface area contributed by atoms with E-state index in [9.17, 15) is 23.2 Å². The molecule has 0 unspecified atom stereocenters. The first-order valence-electron chi connectivity index (χ1n) is 21.2. The fourth-order valence-electron chi connectivity index (χ4n) is 6.21. The minimum absolute atomic E-state index is 0. The van der Waals surface area contributed by atoms with Crippen LogP contribution in [0.25, 0.3) is 0 Å². The maximum atomic E-state index is 14.4. The molecule has 0 spiro atoms. The topological polar surface area (TPSA) is 141 Å². The summed E-state index contributed by atoms with van der Waals surface area (Å²) in [5, 5.41) is 18.7. The van der Waals surface area contributed by atoms with Crippen molar-refractivity contribution < 1.29 is 32.6 Å². The molecular formula is C49H56Cl3F2N7O5. The molecule has 352 valence electrons. The molecule has 6 aromatic rings. The monoisotopic (exact) mass is 965 g/mol. The summed E-state index contributed by atoms with van der Waals surface area (Å²) >= 11 is 12.4. The number of carbonyl (C=O) groups excluding carboxylic acids is 3. The van der Waals surface area contributed by atoms with E-state index in [4.69, 9.17) is 32.7 Å². The molecule has 2 aromatic heterocycles. The average molecular weight is 967 g/mol. The third-order valence-electron chi connectivity index (χ3n) is 9.68. The summed E-state index contributed by atoms with van der Waals surface area (Å²) in [6.07, 6.45) is 0.400. The van der Waals surface area contributed by atoms with Gasteiger partial charge in [0.25, 0.3) is 11.8 Å². The number of hydrogen-bond acceptors (Lipinski definition) is 8. The molecular weight excluding hydrogens is 911 g/mol. The number of carbonyl (C=O) groups is 3. The molecule has 0 aliphatic rings. The zero-order valence-electron chi connectivity index (χ0n) is 38.2. The summed E-state index contributed by atoms with van der Waals surface area (Å²) in [6.45, 7) is 18.5. The van der Waals surface area contributed by atoms with E-state index in [1.54, 1.807) is 45.8 Å². The highest BCUT2D eigenvalue weighted by Gasteiger charge is 2.17. The number of benzene rings is 4. The van der Waals surface area contributed by atoms with Crippen molar-refractivity contribution in [3.05, 3.63) is 151 Å². The maximum absolute atomic E-state index is 14.4. The zero-order chi connectivity index (χ0) is 47.4.